The molecule has 0 fully saturated rings. The van der Waals surface area contributed by atoms with Crippen LogP contribution in [-0.4, -0.2) is 4.98 Å². The molecule has 0 spiro atoms. The number of nitrogens with zero attached hydrogens (tertiary/aromatic N) is 1. The van der Waals surface area contributed by atoms with Crippen LogP contribution in [0.4, 0.5) is 0 Å². The Labute approximate surface area is 290 Å². The van der Waals surface area contributed by atoms with Gasteiger partial charge in [-0.1, -0.05) is 164 Å². The van der Waals surface area contributed by atoms with Crippen LogP contribution in [-0.2, 0) is 0 Å². The molecule has 0 saturated heterocycles. The summed E-state index contributed by atoms with van der Waals surface area (Å²) in [6.07, 6.45) is 3.96. The van der Waals surface area contributed by atoms with Crippen molar-refractivity contribution in [2.75, 3.05) is 0 Å². The Morgan fingerprint density at radius 1 is 0.280 bits per heavy atom. The zero-order valence-corrected chi connectivity index (χ0v) is 27.3. The van der Waals surface area contributed by atoms with Crippen LogP contribution in [0.3, 0.4) is 0 Å². The van der Waals surface area contributed by atoms with Gasteiger partial charge < -0.3 is 0 Å². The third kappa shape index (κ3) is 4.37. The Morgan fingerprint density at radius 2 is 0.700 bits per heavy atom. The number of hydrogen-bond donors (Lipinski definition) is 0. The van der Waals surface area contributed by atoms with E-state index in [1.165, 1.54) is 93.0 Å². The van der Waals surface area contributed by atoms with Gasteiger partial charge in [0.1, 0.15) is 0 Å². The van der Waals surface area contributed by atoms with Crippen LogP contribution in [0.1, 0.15) is 0 Å². The molecule has 0 aliphatic rings. The molecule has 232 valence electrons. The predicted molar refractivity (Wildman–Crippen MR) is 214 cm³/mol. The zero-order valence-electron chi connectivity index (χ0n) is 27.3. The molecular weight excluding hydrogens is 603 g/mol. The first-order valence-electron chi connectivity index (χ1n) is 17.2. The van der Waals surface area contributed by atoms with E-state index in [-0.39, 0.29) is 0 Å². The lowest BCUT2D eigenvalue weighted by atomic mass is 9.83. The van der Waals surface area contributed by atoms with Gasteiger partial charge in [0.15, 0.2) is 0 Å². The van der Waals surface area contributed by atoms with Crippen molar-refractivity contribution in [3.05, 3.63) is 188 Å². The van der Waals surface area contributed by atoms with Crippen LogP contribution < -0.4 is 0 Å². The molecule has 1 aromatic heterocycles. The molecule has 0 aliphatic heterocycles. The Balaban J connectivity index is 1.27. The Kier molecular flexibility index (Phi) is 6.57. The van der Waals surface area contributed by atoms with Gasteiger partial charge in [0.05, 0.1) is 0 Å². The van der Waals surface area contributed by atoms with E-state index < -0.39 is 0 Å². The summed E-state index contributed by atoms with van der Waals surface area (Å²) in [4.78, 5) is 4.66. The van der Waals surface area contributed by atoms with Gasteiger partial charge >= 0.3 is 0 Å². The van der Waals surface area contributed by atoms with Crippen LogP contribution in [0.15, 0.2) is 188 Å². The lowest BCUT2D eigenvalue weighted by Crippen LogP contribution is -1.93. The Morgan fingerprint density at radius 3 is 1.32 bits per heavy atom. The standard InChI is InChI=1S/C49H31N/c1-2-15-33(16-3-1)46-38-21-6-7-22-39(38)48(45-31-50-29-28-44(45)46)35-19-12-18-34(30-35)47-40-23-8-10-25-42(40)49(43-26-11-9-24-41(43)47)37-27-13-17-32-14-4-5-20-36(32)37/h1-31H. The number of rotatable bonds is 4. The number of hydrogen-bond acceptors (Lipinski definition) is 1. The van der Waals surface area contributed by atoms with Crippen molar-refractivity contribution >= 4 is 53.9 Å². The summed E-state index contributed by atoms with van der Waals surface area (Å²) < 4.78 is 0. The zero-order chi connectivity index (χ0) is 33.0. The summed E-state index contributed by atoms with van der Waals surface area (Å²) in [5.74, 6) is 0. The molecule has 0 bridgehead atoms. The fourth-order valence-electron chi connectivity index (χ4n) is 8.25. The van der Waals surface area contributed by atoms with E-state index in [0.29, 0.717) is 0 Å². The molecule has 1 nitrogen and oxygen atoms in total. The van der Waals surface area contributed by atoms with Gasteiger partial charge in [-0.3, -0.25) is 4.98 Å². The van der Waals surface area contributed by atoms with Gasteiger partial charge in [0, 0.05) is 17.8 Å². The molecule has 1 heteroatoms. The van der Waals surface area contributed by atoms with Gasteiger partial charge in [-0.25, -0.2) is 0 Å². The largest absolute Gasteiger partial charge is 0.264 e. The molecule has 10 rings (SSSR count). The minimum absolute atomic E-state index is 1.16. The van der Waals surface area contributed by atoms with Crippen molar-refractivity contribution in [2.24, 2.45) is 0 Å². The maximum absolute atomic E-state index is 4.66. The van der Waals surface area contributed by atoms with Crippen molar-refractivity contribution in [3.8, 4) is 44.5 Å². The fourth-order valence-corrected chi connectivity index (χ4v) is 8.25. The summed E-state index contributed by atoms with van der Waals surface area (Å²) in [7, 11) is 0. The Bertz CT molecular complexity index is 2800. The minimum atomic E-state index is 1.16. The van der Waals surface area contributed by atoms with Crippen molar-refractivity contribution < 1.29 is 0 Å². The molecule has 0 unspecified atom stereocenters. The van der Waals surface area contributed by atoms with Crippen molar-refractivity contribution in [1.82, 2.24) is 4.98 Å². The SMILES string of the molecule is c1ccc(-c2c3ccccc3c(-c3cccc(-c4c5ccccc5c(-c5cccc6ccccc56)c5ccccc45)c3)c3cnccc23)cc1. The average Bonchev–Trinajstić information content (AvgIpc) is 3.19. The second-order valence-corrected chi connectivity index (χ2v) is 13.0. The number of pyridine rings is 1. The molecular formula is C49H31N. The highest BCUT2D eigenvalue weighted by Crippen LogP contribution is 2.47. The van der Waals surface area contributed by atoms with Crippen LogP contribution in [0.5, 0.6) is 0 Å². The summed E-state index contributed by atoms with van der Waals surface area (Å²) >= 11 is 0. The molecule has 0 N–H and O–H groups in total. The smallest absolute Gasteiger partial charge is 0.0353 e. The second-order valence-electron chi connectivity index (χ2n) is 13.0. The van der Waals surface area contributed by atoms with Gasteiger partial charge in [0.25, 0.3) is 0 Å². The highest BCUT2D eigenvalue weighted by molar-refractivity contribution is 6.24. The van der Waals surface area contributed by atoms with E-state index in [1.54, 1.807) is 0 Å². The van der Waals surface area contributed by atoms with Gasteiger partial charge in [-0.15, -0.1) is 0 Å². The highest BCUT2D eigenvalue weighted by atomic mass is 14.6. The normalized spacial score (nSPS) is 11.6. The molecule has 0 amide bonds. The maximum Gasteiger partial charge on any atom is 0.0353 e. The van der Waals surface area contributed by atoms with E-state index >= 15 is 0 Å². The van der Waals surface area contributed by atoms with Crippen LogP contribution in [0, 0.1) is 0 Å². The number of fused-ring (bicyclic) bond motifs is 5. The van der Waals surface area contributed by atoms with Gasteiger partial charge in [0.2, 0.25) is 0 Å². The molecule has 50 heavy (non-hydrogen) atoms. The lowest BCUT2D eigenvalue weighted by Gasteiger charge is -2.20. The fraction of sp³-hybridized carbons (Fsp3) is 0. The van der Waals surface area contributed by atoms with Crippen molar-refractivity contribution in [1.29, 1.82) is 0 Å². The van der Waals surface area contributed by atoms with E-state index in [2.05, 4.69) is 181 Å². The van der Waals surface area contributed by atoms with Crippen LogP contribution in [0.2, 0.25) is 0 Å². The van der Waals surface area contributed by atoms with Gasteiger partial charge in [-0.2, -0.15) is 0 Å². The summed E-state index contributed by atoms with van der Waals surface area (Å²) in [5.41, 5.74) is 9.87. The van der Waals surface area contributed by atoms with Gasteiger partial charge in [-0.05, 0) is 105 Å². The topological polar surface area (TPSA) is 12.9 Å². The monoisotopic (exact) mass is 633 g/mol. The first-order valence-corrected chi connectivity index (χ1v) is 17.2. The molecule has 0 saturated carbocycles. The number of aromatic nitrogens is 1. The second kappa shape index (κ2) is 11.5. The van der Waals surface area contributed by atoms with E-state index in [1.807, 2.05) is 12.4 Å². The average molecular weight is 634 g/mol. The molecule has 0 atom stereocenters. The first kappa shape index (κ1) is 28.4. The number of benzene rings is 9. The maximum atomic E-state index is 4.66. The molecule has 0 radical (unpaired) electrons. The summed E-state index contributed by atoms with van der Waals surface area (Å²) in [5, 5.41) is 12.4. The first-order chi connectivity index (χ1) is 24.8. The van der Waals surface area contributed by atoms with E-state index in [0.717, 1.165) is 5.39 Å². The Hall–Kier alpha value is -6.57. The molecule has 0 aliphatic carbocycles. The molecule has 10 aromatic rings. The predicted octanol–water partition coefficient (Wildman–Crippen LogP) is 13.5. The van der Waals surface area contributed by atoms with E-state index in [4.69, 9.17) is 0 Å². The van der Waals surface area contributed by atoms with Crippen LogP contribution >= 0.6 is 0 Å². The van der Waals surface area contributed by atoms with Crippen molar-refractivity contribution in [2.45, 2.75) is 0 Å². The molecule has 1 heterocycles. The highest BCUT2D eigenvalue weighted by Gasteiger charge is 2.20. The third-order valence-corrected chi connectivity index (χ3v) is 10.3. The lowest BCUT2D eigenvalue weighted by molar-refractivity contribution is 1.37. The minimum Gasteiger partial charge on any atom is -0.264 e. The quantitative estimate of drug-likeness (QED) is 0.176. The summed E-state index contributed by atoms with van der Waals surface area (Å²) in [6, 6.07) is 64.1. The summed E-state index contributed by atoms with van der Waals surface area (Å²) in [6.45, 7) is 0. The van der Waals surface area contributed by atoms with E-state index in [9.17, 15) is 0 Å². The molecule has 9 aromatic carbocycles. The van der Waals surface area contributed by atoms with Crippen LogP contribution in [0.25, 0.3) is 98.4 Å². The third-order valence-electron chi connectivity index (χ3n) is 10.3. The van der Waals surface area contributed by atoms with Crippen molar-refractivity contribution in [3.63, 3.8) is 0 Å².